The van der Waals surface area contributed by atoms with Gasteiger partial charge in [0.1, 0.15) is 17.2 Å². The molecule has 4 nitrogen and oxygen atoms in total. The number of nitrogens with zero attached hydrogens (tertiary/aromatic N) is 2. The summed E-state index contributed by atoms with van der Waals surface area (Å²) in [6.45, 7) is 3.80. The highest BCUT2D eigenvalue weighted by molar-refractivity contribution is 7.98. The summed E-state index contributed by atoms with van der Waals surface area (Å²) in [6, 6.07) is 2.11. The molecule has 0 radical (unpaired) electrons. The van der Waals surface area contributed by atoms with Crippen molar-refractivity contribution in [3.8, 4) is 0 Å². The number of thioether (sulfide) groups is 1. The van der Waals surface area contributed by atoms with Crippen molar-refractivity contribution in [2.45, 2.75) is 37.4 Å². The van der Waals surface area contributed by atoms with Gasteiger partial charge in [0.2, 0.25) is 0 Å². The highest BCUT2D eigenvalue weighted by Crippen LogP contribution is 2.15. The highest BCUT2D eigenvalue weighted by atomic mass is 32.2. The minimum atomic E-state index is -0.297. The second-order valence-electron chi connectivity index (χ2n) is 3.58. The van der Waals surface area contributed by atoms with Crippen LogP contribution in [0.15, 0.2) is 17.4 Å². The van der Waals surface area contributed by atoms with Crippen molar-refractivity contribution in [2.24, 2.45) is 0 Å². The summed E-state index contributed by atoms with van der Waals surface area (Å²) in [5.41, 5.74) is 0. The van der Waals surface area contributed by atoms with Gasteiger partial charge in [-0.2, -0.15) is 0 Å². The van der Waals surface area contributed by atoms with Crippen LogP contribution >= 0.6 is 11.8 Å². The fraction of sp³-hybridized carbons (Fsp3) is 0.600. The molecule has 0 saturated carbocycles. The van der Waals surface area contributed by atoms with Crippen molar-refractivity contribution < 1.29 is 5.11 Å². The minimum absolute atomic E-state index is 0.203. The predicted molar refractivity (Wildman–Crippen MR) is 63.2 cm³/mol. The Morgan fingerprint density at radius 1 is 1.47 bits per heavy atom. The Labute approximate surface area is 94.5 Å². The number of anilines is 1. The number of rotatable bonds is 5. The molecule has 84 valence electrons. The molecule has 0 bridgehead atoms. The number of hydrogen-bond donors (Lipinski definition) is 2. The number of aromatic nitrogens is 2. The molecule has 0 fully saturated rings. The lowest BCUT2D eigenvalue weighted by Gasteiger charge is -2.15. The lowest BCUT2D eigenvalue weighted by atomic mass is 10.1. The van der Waals surface area contributed by atoms with Gasteiger partial charge in [-0.1, -0.05) is 0 Å². The molecule has 0 spiro atoms. The van der Waals surface area contributed by atoms with Crippen molar-refractivity contribution in [3.05, 3.63) is 12.4 Å². The van der Waals surface area contributed by atoms with Crippen LogP contribution in [0.3, 0.4) is 0 Å². The summed E-state index contributed by atoms with van der Waals surface area (Å²) in [6.07, 6.45) is 3.93. The topological polar surface area (TPSA) is 58.0 Å². The molecular weight excluding hydrogens is 210 g/mol. The van der Waals surface area contributed by atoms with E-state index in [0.717, 1.165) is 10.8 Å². The first-order valence-corrected chi connectivity index (χ1v) is 6.15. The maximum absolute atomic E-state index is 9.22. The molecule has 15 heavy (non-hydrogen) atoms. The standard InChI is InChI=1S/C10H17N3OS/c1-7(4-8(2)14)13-9-5-10(15-3)12-6-11-9/h5-8,14H,4H2,1-3H3,(H,11,12,13). The Bertz CT molecular complexity index is 306. The molecular formula is C10H17N3OS. The van der Waals surface area contributed by atoms with Crippen LogP contribution in [0.2, 0.25) is 0 Å². The highest BCUT2D eigenvalue weighted by Gasteiger charge is 2.06. The van der Waals surface area contributed by atoms with Gasteiger partial charge in [-0.25, -0.2) is 9.97 Å². The molecule has 1 heterocycles. The molecule has 2 atom stereocenters. The molecule has 5 heteroatoms. The molecule has 0 aliphatic heterocycles. The third-order valence-corrected chi connectivity index (χ3v) is 2.58. The Kier molecular flexibility index (Phi) is 4.84. The number of hydrogen-bond acceptors (Lipinski definition) is 5. The Hall–Kier alpha value is -0.810. The van der Waals surface area contributed by atoms with Crippen molar-refractivity contribution >= 4 is 17.6 Å². The van der Waals surface area contributed by atoms with Crippen LogP contribution in [0, 0.1) is 0 Å². The molecule has 1 aromatic heterocycles. The second kappa shape index (κ2) is 5.92. The van der Waals surface area contributed by atoms with Gasteiger partial charge in [-0.3, -0.25) is 0 Å². The van der Waals surface area contributed by atoms with E-state index in [4.69, 9.17) is 0 Å². The van der Waals surface area contributed by atoms with Gasteiger partial charge in [-0.15, -0.1) is 11.8 Å². The summed E-state index contributed by atoms with van der Waals surface area (Å²) in [5.74, 6) is 0.808. The van der Waals surface area contributed by atoms with Crippen molar-refractivity contribution in [2.75, 3.05) is 11.6 Å². The average molecular weight is 227 g/mol. The van der Waals surface area contributed by atoms with E-state index in [9.17, 15) is 5.11 Å². The Balaban J connectivity index is 2.55. The molecule has 0 amide bonds. The molecule has 0 saturated heterocycles. The first-order chi connectivity index (χ1) is 7.11. The fourth-order valence-corrected chi connectivity index (χ4v) is 1.74. The molecule has 0 aliphatic carbocycles. The Morgan fingerprint density at radius 3 is 2.80 bits per heavy atom. The van der Waals surface area contributed by atoms with Crippen molar-refractivity contribution in [3.63, 3.8) is 0 Å². The van der Waals surface area contributed by atoms with Crippen molar-refractivity contribution in [1.82, 2.24) is 9.97 Å². The Morgan fingerprint density at radius 2 is 2.20 bits per heavy atom. The largest absolute Gasteiger partial charge is 0.393 e. The molecule has 1 rings (SSSR count). The molecule has 2 unspecified atom stereocenters. The lowest BCUT2D eigenvalue weighted by molar-refractivity contribution is 0.179. The van der Waals surface area contributed by atoms with Crippen LogP contribution < -0.4 is 5.32 Å². The first-order valence-electron chi connectivity index (χ1n) is 4.92. The summed E-state index contributed by atoms with van der Waals surface area (Å²) >= 11 is 1.58. The smallest absolute Gasteiger partial charge is 0.130 e. The minimum Gasteiger partial charge on any atom is -0.393 e. The van der Waals surface area contributed by atoms with Crippen molar-refractivity contribution in [1.29, 1.82) is 0 Å². The molecule has 1 aromatic rings. The van der Waals surface area contributed by atoms with Gasteiger partial charge >= 0.3 is 0 Å². The number of aliphatic hydroxyl groups is 1. The van der Waals surface area contributed by atoms with Gasteiger partial charge in [0.05, 0.1) is 6.10 Å². The average Bonchev–Trinajstić information content (AvgIpc) is 2.16. The van der Waals surface area contributed by atoms with E-state index in [1.54, 1.807) is 25.0 Å². The maximum Gasteiger partial charge on any atom is 0.130 e. The van der Waals surface area contributed by atoms with Gasteiger partial charge < -0.3 is 10.4 Å². The first kappa shape index (κ1) is 12.3. The van der Waals surface area contributed by atoms with E-state index in [1.807, 2.05) is 19.2 Å². The van der Waals surface area contributed by atoms with Crippen LogP contribution in [0.5, 0.6) is 0 Å². The zero-order valence-electron chi connectivity index (χ0n) is 9.27. The summed E-state index contributed by atoms with van der Waals surface area (Å²) in [7, 11) is 0. The number of aliphatic hydroxyl groups excluding tert-OH is 1. The van der Waals surface area contributed by atoms with Gasteiger partial charge in [0.15, 0.2) is 0 Å². The van der Waals surface area contributed by atoms with E-state index in [0.29, 0.717) is 6.42 Å². The van der Waals surface area contributed by atoms with E-state index >= 15 is 0 Å². The zero-order chi connectivity index (χ0) is 11.3. The van der Waals surface area contributed by atoms with E-state index < -0.39 is 0 Å². The van der Waals surface area contributed by atoms with Gasteiger partial charge in [-0.05, 0) is 26.5 Å². The lowest BCUT2D eigenvalue weighted by Crippen LogP contribution is -2.21. The second-order valence-corrected chi connectivity index (χ2v) is 4.40. The van der Waals surface area contributed by atoms with Crippen LogP contribution in [-0.4, -0.2) is 33.5 Å². The SMILES string of the molecule is CSc1cc(NC(C)CC(C)O)ncn1. The summed E-state index contributed by atoms with van der Waals surface area (Å²) in [4.78, 5) is 8.21. The monoisotopic (exact) mass is 227 g/mol. The summed E-state index contributed by atoms with van der Waals surface area (Å²) in [5, 5.41) is 13.4. The molecule has 0 aliphatic rings. The zero-order valence-corrected chi connectivity index (χ0v) is 10.1. The van der Waals surface area contributed by atoms with Gasteiger partial charge in [0, 0.05) is 12.1 Å². The van der Waals surface area contributed by atoms with Crippen LogP contribution in [-0.2, 0) is 0 Å². The van der Waals surface area contributed by atoms with Crippen LogP contribution in [0.4, 0.5) is 5.82 Å². The van der Waals surface area contributed by atoms with E-state index in [1.165, 1.54) is 0 Å². The third kappa shape index (κ3) is 4.48. The normalized spacial score (nSPS) is 14.7. The maximum atomic E-state index is 9.22. The van der Waals surface area contributed by atoms with Crippen LogP contribution in [0.25, 0.3) is 0 Å². The summed E-state index contributed by atoms with van der Waals surface area (Å²) < 4.78 is 0. The van der Waals surface area contributed by atoms with Gasteiger partial charge in [0.25, 0.3) is 0 Å². The van der Waals surface area contributed by atoms with E-state index in [-0.39, 0.29) is 12.1 Å². The molecule has 2 N–H and O–H groups in total. The van der Waals surface area contributed by atoms with Crippen LogP contribution in [0.1, 0.15) is 20.3 Å². The van der Waals surface area contributed by atoms with E-state index in [2.05, 4.69) is 15.3 Å². The third-order valence-electron chi connectivity index (χ3n) is 1.94. The fourth-order valence-electron chi connectivity index (χ4n) is 1.35. The quantitative estimate of drug-likeness (QED) is 0.593. The number of nitrogens with one attached hydrogen (secondary N) is 1. The predicted octanol–water partition coefficient (Wildman–Crippen LogP) is 1.77. The molecule has 0 aromatic carbocycles.